The van der Waals surface area contributed by atoms with E-state index in [1.807, 2.05) is 53.8 Å². The number of alkyl halides is 3. The number of ether oxygens (including phenoxy) is 1. The number of carbonyl (C=O) groups is 3. The summed E-state index contributed by atoms with van der Waals surface area (Å²) < 4.78 is 45.8. The molecule has 0 saturated heterocycles. The zero-order chi connectivity index (χ0) is 25.8. The lowest BCUT2D eigenvalue weighted by Gasteiger charge is -2.27. The molecule has 0 fully saturated rings. The number of hydrogen-bond acceptors (Lipinski definition) is 4. The van der Waals surface area contributed by atoms with E-state index in [2.05, 4.69) is 0 Å². The van der Waals surface area contributed by atoms with E-state index in [-0.39, 0.29) is 12.5 Å². The number of halogens is 3. The first-order valence-electron chi connectivity index (χ1n) is 11.2. The molecule has 2 N–H and O–H groups in total. The van der Waals surface area contributed by atoms with E-state index in [0.29, 0.717) is 0 Å². The molecule has 1 atom stereocenters. The van der Waals surface area contributed by atoms with E-state index >= 15 is 0 Å². The molecule has 0 heterocycles. The second-order valence-electron chi connectivity index (χ2n) is 8.61. The van der Waals surface area contributed by atoms with Crippen LogP contribution in [0.5, 0.6) is 0 Å². The van der Waals surface area contributed by atoms with E-state index in [4.69, 9.17) is 9.84 Å². The van der Waals surface area contributed by atoms with Gasteiger partial charge in [0.05, 0.1) is 0 Å². The zero-order valence-corrected chi connectivity index (χ0v) is 19.3. The number of benzene rings is 2. The molecule has 0 spiro atoms. The maximum Gasteiger partial charge on any atom is 0.408 e. The van der Waals surface area contributed by atoms with Gasteiger partial charge in [-0.2, -0.15) is 13.2 Å². The third-order valence-corrected chi connectivity index (χ3v) is 5.93. The standard InChI is InChI=1S/C25H27F3N2O5/c1-15(2)30(13-23(32)33)22(31)12-11-21(25(26,27)28)29-24(34)35-14-20-18-9-5-3-7-16(18)17-8-4-6-10-19(17)20/h3-10,15,20-21H,11-14H2,1-2H3,(H,29,34)(H,32,33)/t21-/m0/s1. The first-order valence-corrected chi connectivity index (χ1v) is 11.2. The summed E-state index contributed by atoms with van der Waals surface area (Å²) >= 11 is 0. The van der Waals surface area contributed by atoms with Crippen molar-refractivity contribution in [2.24, 2.45) is 0 Å². The summed E-state index contributed by atoms with van der Waals surface area (Å²) in [6.07, 6.45) is -7.39. The number of fused-ring (bicyclic) bond motifs is 3. The summed E-state index contributed by atoms with van der Waals surface area (Å²) in [6.45, 7) is 2.37. The summed E-state index contributed by atoms with van der Waals surface area (Å²) in [5.41, 5.74) is 3.82. The SMILES string of the molecule is CC(C)N(CC(=O)O)C(=O)CC[C@H](NC(=O)OCC1c2ccccc2-c2ccccc21)C(F)(F)F. The molecule has 1 aliphatic carbocycles. The van der Waals surface area contributed by atoms with Crippen molar-refractivity contribution in [2.45, 2.75) is 50.9 Å². The minimum atomic E-state index is -4.82. The summed E-state index contributed by atoms with van der Waals surface area (Å²) in [5, 5.41) is 10.8. The number of amides is 2. The van der Waals surface area contributed by atoms with E-state index in [1.165, 1.54) is 0 Å². The largest absolute Gasteiger partial charge is 0.480 e. The monoisotopic (exact) mass is 492 g/mol. The molecule has 0 unspecified atom stereocenters. The van der Waals surface area contributed by atoms with Gasteiger partial charge < -0.3 is 20.1 Å². The highest BCUT2D eigenvalue weighted by molar-refractivity contribution is 5.82. The minimum Gasteiger partial charge on any atom is -0.480 e. The number of carboxylic acid groups (broad SMARTS) is 1. The lowest BCUT2D eigenvalue weighted by molar-refractivity contribution is -0.158. The second kappa shape index (κ2) is 10.8. The van der Waals surface area contributed by atoms with Crippen molar-refractivity contribution < 1.29 is 37.4 Å². The second-order valence-corrected chi connectivity index (χ2v) is 8.61. The molecule has 3 rings (SSSR count). The van der Waals surface area contributed by atoms with Crippen molar-refractivity contribution in [3.05, 3.63) is 59.7 Å². The van der Waals surface area contributed by atoms with Gasteiger partial charge in [0.1, 0.15) is 19.2 Å². The van der Waals surface area contributed by atoms with Crippen LogP contribution in [0.2, 0.25) is 0 Å². The van der Waals surface area contributed by atoms with Crippen molar-refractivity contribution >= 4 is 18.0 Å². The lowest BCUT2D eigenvalue weighted by atomic mass is 9.98. The van der Waals surface area contributed by atoms with Crippen LogP contribution >= 0.6 is 0 Å². The van der Waals surface area contributed by atoms with Gasteiger partial charge in [0.2, 0.25) is 5.91 Å². The van der Waals surface area contributed by atoms with Crippen LogP contribution in [0.15, 0.2) is 48.5 Å². The summed E-state index contributed by atoms with van der Waals surface area (Å²) in [4.78, 5) is 36.6. The highest BCUT2D eigenvalue weighted by atomic mass is 19.4. The van der Waals surface area contributed by atoms with Crippen LogP contribution in [0.1, 0.15) is 43.7 Å². The molecular formula is C25H27F3N2O5. The number of rotatable bonds is 9. The van der Waals surface area contributed by atoms with Gasteiger partial charge >= 0.3 is 18.2 Å². The van der Waals surface area contributed by atoms with Crippen molar-refractivity contribution in [1.82, 2.24) is 10.2 Å². The molecule has 0 aromatic heterocycles. The summed E-state index contributed by atoms with van der Waals surface area (Å²) in [5.74, 6) is -2.32. The minimum absolute atomic E-state index is 0.150. The third kappa shape index (κ3) is 6.32. The van der Waals surface area contributed by atoms with Crippen LogP contribution in [-0.4, -0.2) is 59.4 Å². The Labute approximate surface area is 200 Å². The van der Waals surface area contributed by atoms with Gasteiger partial charge in [0, 0.05) is 18.4 Å². The average Bonchev–Trinajstić information content (AvgIpc) is 3.11. The normalized spacial score (nSPS) is 13.7. The van der Waals surface area contributed by atoms with Crippen LogP contribution in [0, 0.1) is 0 Å². The topological polar surface area (TPSA) is 95.9 Å². The molecule has 0 aliphatic heterocycles. The van der Waals surface area contributed by atoms with Crippen LogP contribution < -0.4 is 5.32 Å². The van der Waals surface area contributed by atoms with Gasteiger partial charge in [-0.1, -0.05) is 48.5 Å². The Morgan fingerprint density at radius 2 is 1.57 bits per heavy atom. The third-order valence-electron chi connectivity index (χ3n) is 5.93. The smallest absolute Gasteiger partial charge is 0.408 e. The first-order chi connectivity index (χ1) is 16.5. The first kappa shape index (κ1) is 26.1. The number of carboxylic acids is 1. The molecule has 2 aromatic carbocycles. The Hall–Kier alpha value is -3.56. The lowest BCUT2D eigenvalue weighted by Crippen LogP contribution is -2.47. The van der Waals surface area contributed by atoms with E-state index in [1.54, 1.807) is 13.8 Å². The van der Waals surface area contributed by atoms with E-state index in [0.717, 1.165) is 27.2 Å². The van der Waals surface area contributed by atoms with Gasteiger partial charge in [-0.05, 0) is 42.5 Å². The van der Waals surface area contributed by atoms with Gasteiger partial charge in [0.25, 0.3) is 0 Å². The van der Waals surface area contributed by atoms with E-state index in [9.17, 15) is 27.6 Å². The molecule has 188 valence electrons. The molecule has 0 saturated carbocycles. The predicted octanol–water partition coefficient (Wildman–Crippen LogP) is 4.56. The number of nitrogens with one attached hydrogen (secondary N) is 1. The van der Waals surface area contributed by atoms with Crippen LogP contribution in [0.25, 0.3) is 11.1 Å². The molecule has 7 nitrogen and oxygen atoms in total. The van der Waals surface area contributed by atoms with Crippen LogP contribution in [-0.2, 0) is 14.3 Å². The summed E-state index contributed by atoms with van der Waals surface area (Å²) in [6, 6.07) is 12.3. The van der Waals surface area contributed by atoms with Crippen molar-refractivity contribution in [3.63, 3.8) is 0 Å². The number of carbonyl (C=O) groups excluding carboxylic acids is 2. The Kier molecular flexibility index (Phi) is 8.03. The zero-order valence-electron chi connectivity index (χ0n) is 19.3. The van der Waals surface area contributed by atoms with Gasteiger partial charge in [-0.3, -0.25) is 9.59 Å². The molecule has 35 heavy (non-hydrogen) atoms. The maximum absolute atomic E-state index is 13.5. The van der Waals surface area contributed by atoms with Gasteiger partial charge in [0.15, 0.2) is 0 Å². The highest BCUT2D eigenvalue weighted by Gasteiger charge is 2.41. The maximum atomic E-state index is 13.5. The van der Waals surface area contributed by atoms with Gasteiger partial charge in [-0.25, -0.2) is 4.79 Å². The molecule has 1 aliphatic rings. The molecule has 0 radical (unpaired) electrons. The molecule has 0 bridgehead atoms. The number of aliphatic carboxylic acids is 1. The average molecular weight is 492 g/mol. The summed E-state index contributed by atoms with van der Waals surface area (Å²) in [7, 11) is 0. The van der Waals surface area contributed by atoms with Crippen molar-refractivity contribution in [1.29, 1.82) is 0 Å². The fraction of sp³-hybridized carbons (Fsp3) is 0.400. The van der Waals surface area contributed by atoms with Crippen LogP contribution in [0.4, 0.5) is 18.0 Å². The highest BCUT2D eigenvalue weighted by Crippen LogP contribution is 2.44. The van der Waals surface area contributed by atoms with Crippen LogP contribution in [0.3, 0.4) is 0 Å². The fourth-order valence-corrected chi connectivity index (χ4v) is 4.22. The van der Waals surface area contributed by atoms with E-state index < -0.39 is 55.6 Å². The number of nitrogens with zero attached hydrogens (tertiary/aromatic N) is 1. The Balaban J connectivity index is 1.63. The molecule has 10 heteroatoms. The number of hydrogen-bond donors (Lipinski definition) is 2. The Bertz CT molecular complexity index is 1040. The van der Waals surface area contributed by atoms with Crippen molar-refractivity contribution in [3.8, 4) is 11.1 Å². The molecular weight excluding hydrogens is 465 g/mol. The van der Waals surface area contributed by atoms with Gasteiger partial charge in [-0.15, -0.1) is 0 Å². The quantitative estimate of drug-likeness (QED) is 0.535. The Morgan fingerprint density at radius 1 is 1.03 bits per heavy atom. The predicted molar refractivity (Wildman–Crippen MR) is 122 cm³/mol. The van der Waals surface area contributed by atoms with Crippen molar-refractivity contribution in [2.75, 3.05) is 13.2 Å². The molecule has 2 aromatic rings. The number of alkyl carbamates (subject to hydrolysis) is 1. The fourth-order valence-electron chi connectivity index (χ4n) is 4.22. The Morgan fingerprint density at radius 3 is 2.06 bits per heavy atom. The molecule has 2 amide bonds.